The summed E-state index contributed by atoms with van der Waals surface area (Å²) in [7, 11) is -3.45. The molecule has 208 valence electrons. The highest BCUT2D eigenvalue weighted by Gasteiger charge is 2.50. The summed E-state index contributed by atoms with van der Waals surface area (Å²) >= 11 is 0. The Labute approximate surface area is 207 Å². The summed E-state index contributed by atoms with van der Waals surface area (Å²) < 4.78 is 69.6. The van der Waals surface area contributed by atoms with Crippen molar-refractivity contribution in [3.05, 3.63) is 0 Å². The maximum Gasteiger partial charge on any atom is 0.283 e. The fourth-order valence-corrected chi connectivity index (χ4v) is 3.93. The van der Waals surface area contributed by atoms with E-state index in [1.54, 1.807) is 0 Å². The quantitative estimate of drug-likeness (QED) is 0.208. The van der Waals surface area contributed by atoms with E-state index in [-0.39, 0.29) is 30.5 Å². The highest BCUT2D eigenvalue weighted by atomic mass is 32.2. The van der Waals surface area contributed by atoms with Crippen LogP contribution in [0, 0.1) is 10.8 Å². The summed E-state index contributed by atoms with van der Waals surface area (Å²) in [6.07, 6.45) is 3.68. The molecule has 6 saturated heterocycles. The molecule has 0 aliphatic carbocycles. The van der Waals surface area contributed by atoms with Crippen molar-refractivity contribution in [3.63, 3.8) is 0 Å². The summed E-state index contributed by atoms with van der Waals surface area (Å²) in [5.41, 5.74) is 5.22. The maximum atomic E-state index is 10.7. The van der Waals surface area contributed by atoms with Crippen molar-refractivity contribution < 1.29 is 50.5 Å². The zero-order valence-electron chi connectivity index (χ0n) is 21.1. The smallest absolute Gasteiger partial charge is 0.283 e. The van der Waals surface area contributed by atoms with E-state index in [2.05, 4.69) is 18.0 Å². The predicted molar refractivity (Wildman–Crippen MR) is 123 cm³/mol. The first kappa shape index (κ1) is 30.7. The molecule has 4 bridgehead atoms. The SMILES string of the molecule is CC12COC(CCCOCN)(OC1)OC2.CC12COC(CCCOCOS(C)(=O)=O)(OC1)OC2.N. The highest BCUT2D eigenvalue weighted by molar-refractivity contribution is 7.85. The van der Waals surface area contributed by atoms with Crippen molar-refractivity contribution in [1.29, 1.82) is 0 Å². The molecule has 0 aromatic rings. The molecular weight excluding hydrogens is 488 g/mol. The van der Waals surface area contributed by atoms with Gasteiger partial charge in [-0.25, -0.2) is 4.18 Å². The van der Waals surface area contributed by atoms with Crippen LogP contribution in [0.2, 0.25) is 0 Å². The predicted octanol–water partition coefficient (Wildman–Crippen LogP) is 1.05. The lowest BCUT2D eigenvalue weighted by Gasteiger charge is -2.50. The minimum atomic E-state index is -3.45. The second kappa shape index (κ2) is 12.8. The summed E-state index contributed by atoms with van der Waals surface area (Å²) in [5.74, 6) is -1.76. The lowest BCUT2D eigenvalue weighted by Crippen LogP contribution is -2.58. The lowest BCUT2D eigenvalue weighted by atomic mass is 9.91. The van der Waals surface area contributed by atoms with Gasteiger partial charge in [-0.1, -0.05) is 13.8 Å². The van der Waals surface area contributed by atoms with Gasteiger partial charge in [0.1, 0.15) is 0 Å². The Morgan fingerprint density at radius 2 is 1.11 bits per heavy atom. The van der Waals surface area contributed by atoms with Crippen molar-refractivity contribution in [1.82, 2.24) is 6.15 Å². The molecule has 14 heteroatoms. The van der Waals surface area contributed by atoms with Gasteiger partial charge in [0.05, 0.1) is 52.6 Å². The molecule has 5 N–H and O–H groups in total. The Balaban J connectivity index is 0.000000246. The van der Waals surface area contributed by atoms with Gasteiger partial charge in [-0.05, 0) is 12.8 Å². The normalized spacial score (nSPS) is 35.8. The van der Waals surface area contributed by atoms with E-state index in [1.165, 1.54) is 0 Å². The number of hydrogen-bond acceptors (Lipinski definition) is 13. The van der Waals surface area contributed by atoms with Crippen LogP contribution in [0.25, 0.3) is 0 Å². The molecule has 6 aliphatic heterocycles. The Bertz CT molecular complexity index is 702. The van der Waals surface area contributed by atoms with E-state index < -0.39 is 22.1 Å². The molecule has 0 atom stereocenters. The minimum absolute atomic E-state index is 0. The Hall–Kier alpha value is -0.490. The van der Waals surface area contributed by atoms with Crippen molar-refractivity contribution in [2.24, 2.45) is 16.6 Å². The second-order valence-corrected chi connectivity index (χ2v) is 11.5. The lowest BCUT2D eigenvalue weighted by molar-refractivity contribution is -0.468. The van der Waals surface area contributed by atoms with E-state index in [1.807, 2.05) is 0 Å². The van der Waals surface area contributed by atoms with Crippen molar-refractivity contribution in [2.75, 3.05) is 72.6 Å². The maximum absolute atomic E-state index is 10.7. The van der Waals surface area contributed by atoms with Crippen LogP contribution in [0.1, 0.15) is 39.5 Å². The largest absolute Gasteiger partial charge is 0.367 e. The van der Waals surface area contributed by atoms with Crippen molar-refractivity contribution in [3.8, 4) is 0 Å². The van der Waals surface area contributed by atoms with Crippen molar-refractivity contribution >= 4 is 10.1 Å². The molecule has 13 nitrogen and oxygen atoms in total. The topological polar surface area (TPSA) is 178 Å². The van der Waals surface area contributed by atoms with Crippen LogP contribution in [-0.4, -0.2) is 93.0 Å². The number of fused-ring (bicyclic) bond motifs is 6. The van der Waals surface area contributed by atoms with Gasteiger partial charge in [0, 0.05) is 36.9 Å². The third-order valence-electron chi connectivity index (χ3n) is 5.85. The first-order chi connectivity index (χ1) is 16.0. The number of ether oxygens (including phenoxy) is 8. The fourth-order valence-electron chi connectivity index (χ4n) is 3.68. The molecule has 6 rings (SSSR count). The van der Waals surface area contributed by atoms with Crippen molar-refractivity contribution in [2.45, 2.75) is 51.5 Å². The van der Waals surface area contributed by atoms with Crippen LogP contribution in [0.5, 0.6) is 0 Å². The van der Waals surface area contributed by atoms with Gasteiger partial charge in [-0.2, -0.15) is 8.42 Å². The molecular formula is C21H42N2O11S. The van der Waals surface area contributed by atoms with Gasteiger partial charge in [-0.15, -0.1) is 0 Å². The molecule has 0 radical (unpaired) electrons. The molecule has 6 aliphatic rings. The van der Waals surface area contributed by atoms with Gasteiger partial charge in [0.25, 0.3) is 22.1 Å². The summed E-state index contributed by atoms with van der Waals surface area (Å²) in [4.78, 5) is 0. The third kappa shape index (κ3) is 9.39. The van der Waals surface area contributed by atoms with Crippen LogP contribution in [0.3, 0.4) is 0 Å². The Morgan fingerprint density at radius 1 is 0.743 bits per heavy atom. The van der Waals surface area contributed by atoms with Crippen LogP contribution >= 0.6 is 0 Å². The average molecular weight is 531 g/mol. The standard InChI is InChI=1S/C11H20O7S.C10H19NO4.H3N/c1-10-6-15-11(16-7-10,17-8-10)4-3-5-14-9-18-19(2,12)13;1-9-5-13-10(14-6-9,15-7-9)3-2-4-12-8-11;/h3-9H2,1-2H3;2-8,11H2,1H3;1H3. The van der Waals surface area contributed by atoms with Crippen LogP contribution < -0.4 is 11.9 Å². The van der Waals surface area contributed by atoms with Gasteiger partial charge < -0.3 is 49.8 Å². The van der Waals surface area contributed by atoms with E-state index >= 15 is 0 Å². The monoisotopic (exact) mass is 530 g/mol. The summed E-state index contributed by atoms with van der Waals surface area (Å²) in [6.45, 7) is 9.15. The van der Waals surface area contributed by atoms with E-state index in [0.717, 1.165) is 12.7 Å². The van der Waals surface area contributed by atoms with Gasteiger partial charge >= 0.3 is 0 Å². The molecule has 0 saturated carbocycles. The molecule has 0 aromatic heterocycles. The van der Waals surface area contributed by atoms with E-state index in [0.29, 0.717) is 72.1 Å². The molecule has 0 amide bonds. The first-order valence-corrected chi connectivity index (χ1v) is 13.4. The Kier molecular flexibility index (Phi) is 11.3. The number of rotatable bonds is 12. The second-order valence-electron chi connectivity index (χ2n) is 9.85. The van der Waals surface area contributed by atoms with E-state index in [9.17, 15) is 8.42 Å². The molecule has 0 unspecified atom stereocenters. The molecule has 6 heterocycles. The zero-order valence-corrected chi connectivity index (χ0v) is 21.9. The number of hydrogen-bond donors (Lipinski definition) is 2. The van der Waals surface area contributed by atoms with Crippen LogP contribution in [-0.2, 0) is 52.2 Å². The molecule has 6 fully saturated rings. The summed E-state index contributed by atoms with van der Waals surface area (Å²) in [6, 6.07) is 0. The van der Waals surface area contributed by atoms with E-state index in [4.69, 9.17) is 43.6 Å². The third-order valence-corrected chi connectivity index (χ3v) is 6.37. The highest BCUT2D eigenvalue weighted by Crippen LogP contribution is 2.41. The minimum Gasteiger partial charge on any atom is -0.367 e. The number of nitrogens with two attached hydrogens (primary N) is 1. The average Bonchev–Trinajstić information content (AvgIpc) is 2.81. The van der Waals surface area contributed by atoms with Gasteiger partial charge in [0.2, 0.25) is 0 Å². The van der Waals surface area contributed by atoms with Gasteiger partial charge in [0.15, 0.2) is 6.79 Å². The van der Waals surface area contributed by atoms with Crippen LogP contribution in [0.4, 0.5) is 0 Å². The molecule has 0 aromatic carbocycles. The Morgan fingerprint density at radius 3 is 1.46 bits per heavy atom. The summed E-state index contributed by atoms with van der Waals surface area (Å²) in [5, 5.41) is 0. The molecule has 0 spiro atoms. The van der Waals surface area contributed by atoms with Crippen LogP contribution in [0.15, 0.2) is 0 Å². The first-order valence-electron chi connectivity index (χ1n) is 11.5. The zero-order chi connectivity index (χ0) is 24.8. The fraction of sp³-hybridized carbons (Fsp3) is 1.00. The van der Waals surface area contributed by atoms with Gasteiger partial charge in [-0.3, -0.25) is 0 Å². The molecule has 35 heavy (non-hydrogen) atoms.